The monoisotopic (exact) mass is 296 g/mol. The average molecular weight is 296 g/mol. The first-order valence-electron chi connectivity index (χ1n) is 4.28. The number of hydrogen-bond acceptors (Lipinski definition) is 0. The van der Waals surface area contributed by atoms with Gasteiger partial charge in [0.25, 0.3) is 0 Å². The fraction of sp³-hybridized carbons (Fsp3) is 0. The van der Waals surface area contributed by atoms with Crippen LogP contribution in [0, 0.1) is 0 Å². The van der Waals surface area contributed by atoms with Gasteiger partial charge >= 0.3 is 0 Å². The van der Waals surface area contributed by atoms with E-state index in [2.05, 4.69) is 0 Å². The smallest absolute Gasteiger partial charge is 0.0670 e. The Hall–Kier alpha value is -0.437. The number of rotatable bonds is 1. The van der Waals surface area contributed by atoms with E-state index in [1.54, 1.807) is 6.07 Å². The molecule has 0 N–H and O–H groups in total. The first kappa shape index (κ1) is 12.6. The van der Waals surface area contributed by atoms with Gasteiger partial charge in [0.05, 0.1) is 10.0 Å². The molecule has 0 unspecified atom stereocenters. The quantitative estimate of drug-likeness (QED) is 0.689. The first-order valence-corrected chi connectivity index (χ1v) is 5.04. The maximum absolute atomic E-state index is 6.10. The van der Waals surface area contributed by atoms with E-state index in [1.807, 2.05) is 42.5 Å². The zero-order valence-electron chi connectivity index (χ0n) is 7.87. The molecule has 15 heavy (non-hydrogen) atoms. The standard InChI is InChI=1S/C12H8Cl2.Ge/c13-11-8-4-7-10(12(11)14)9-5-2-1-3-6-9;/h1-8H;. The topological polar surface area (TPSA) is 0 Å². The van der Waals surface area contributed by atoms with Gasteiger partial charge in [0.15, 0.2) is 0 Å². The summed E-state index contributed by atoms with van der Waals surface area (Å²) in [4.78, 5) is 0. The Labute approximate surface area is 110 Å². The van der Waals surface area contributed by atoms with Crippen molar-refractivity contribution in [3.63, 3.8) is 0 Å². The van der Waals surface area contributed by atoms with Crippen LogP contribution in [0.2, 0.25) is 10.0 Å². The molecule has 0 aromatic heterocycles. The minimum Gasteiger partial charge on any atom is -0.0827 e. The first-order chi connectivity index (χ1) is 6.79. The molecule has 0 saturated heterocycles. The number of benzene rings is 2. The second-order valence-corrected chi connectivity index (χ2v) is 3.75. The van der Waals surface area contributed by atoms with Gasteiger partial charge in [-0.2, -0.15) is 0 Å². The summed E-state index contributed by atoms with van der Waals surface area (Å²) in [6.45, 7) is 0. The largest absolute Gasteiger partial charge is 0.0827 e. The molecule has 0 saturated carbocycles. The third-order valence-corrected chi connectivity index (χ3v) is 2.86. The SMILES string of the molecule is Clc1cccc(-c2ccccc2)c1Cl.[Ge]. The second-order valence-electron chi connectivity index (χ2n) is 2.97. The zero-order chi connectivity index (χ0) is 9.97. The molecule has 2 aromatic rings. The van der Waals surface area contributed by atoms with Crippen LogP contribution in [0.5, 0.6) is 0 Å². The van der Waals surface area contributed by atoms with Crippen molar-refractivity contribution in [2.75, 3.05) is 0 Å². The van der Waals surface area contributed by atoms with Gasteiger partial charge in [-0.15, -0.1) is 0 Å². The van der Waals surface area contributed by atoms with Crippen LogP contribution in [0.1, 0.15) is 0 Å². The fourth-order valence-electron chi connectivity index (χ4n) is 1.34. The Kier molecular flexibility index (Phi) is 4.71. The summed E-state index contributed by atoms with van der Waals surface area (Å²) in [7, 11) is 0. The molecule has 74 valence electrons. The van der Waals surface area contributed by atoms with Crippen molar-refractivity contribution in [1.29, 1.82) is 0 Å². The summed E-state index contributed by atoms with van der Waals surface area (Å²) in [6.07, 6.45) is 0. The van der Waals surface area contributed by atoms with Crippen molar-refractivity contribution in [1.82, 2.24) is 0 Å². The maximum atomic E-state index is 6.10. The molecule has 0 amide bonds. The Morgan fingerprint density at radius 3 is 2.07 bits per heavy atom. The van der Waals surface area contributed by atoms with E-state index >= 15 is 0 Å². The molecule has 0 heterocycles. The van der Waals surface area contributed by atoms with Gasteiger partial charge in [0.2, 0.25) is 0 Å². The van der Waals surface area contributed by atoms with Crippen LogP contribution in [0.4, 0.5) is 0 Å². The van der Waals surface area contributed by atoms with Crippen LogP contribution in [0.15, 0.2) is 48.5 Å². The molecule has 2 aromatic carbocycles. The van der Waals surface area contributed by atoms with Gasteiger partial charge in [-0.05, 0) is 11.6 Å². The molecule has 4 radical (unpaired) electrons. The van der Waals surface area contributed by atoms with Crippen molar-refractivity contribution >= 4 is 40.8 Å². The van der Waals surface area contributed by atoms with E-state index in [-0.39, 0.29) is 17.6 Å². The van der Waals surface area contributed by atoms with E-state index in [9.17, 15) is 0 Å². The van der Waals surface area contributed by atoms with E-state index in [1.165, 1.54) is 0 Å². The average Bonchev–Trinajstić information content (AvgIpc) is 2.23. The van der Waals surface area contributed by atoms with Gasteiger partial charge in [0.1, 0.15) is 0 Å². The van der Waals surface area contributed by atoms with Crippen LogP contribution in [0.25, 0.3) is 11.1 Å². The normalized spacial score (nSPS) is 9.47. The summed E-state index contributed by atoms with van der Waals surface area (Å²) < 4.78 is 0. The molecule has 0 nitrogen and oxygen atoms in total. The van der Waals surface area contributed by atoms with Crippen LogP contribution in [-0.2, 0) is 0 Å². The van der Waals surface area contributed by atoms with Crippen molar-refractivity contribution in [3.05, 3.63) is 58.6 Å². The molecule has 2 rings (SSSR count). The molecule has 0 atom stereocenters. The molecule has 0 spiro atoms. The van der Waals surface area contributed by atoms with Gasteiger partial charge < -0.3 is 0 Å². The summed E-state index contributed by atoms with van der Waals surface area (Å²) in [5.41, 5.74) is 2.06. The molecular weight excluding hydrogens is 288 g/mol. The van der Waals surface area contributed by atoms with Gasteiger partial charge in [-0.3, -0.25) is 0 Å². The van der Waals surface area contributed by atoms with Crippen molar-refractivity contribution in [2.45, 2.75) is 0 Å². The van der Waals surface area contributed by atoms with E-state index in [0.717, 1.165) is 11.1 Å². The molecule has 0 aliphatic heterocycles. The summed E-state index contributed by atoms with van der Waals surface area (Å²) >= 11 is 12.0. The summed E-state index contributed by atoms with van der Waals surface area (Å²) in [5.74, 6) is 0. The second kappa shape index (κ2) is 5.59. The van der Waals surface area contributed by atoms with Gasteiger partial charge in [-0.25, -0.2) is 0 Å². The van der Waals surface area contributed by atoms with Gasteiger partial charge in [0, 0.05) is 23.2 Å². The van der Waals surface area contributed by atoms with E-state index in [0.29, 0.717) is 10.0 Å². The van der Waals surface area contributed by atoms with Crippen LogP contribution >= 0.6 is 23.2 Å². The Balaban J connectivity index is 0.00000112. The van der Waals surface area contributed by atoms with Crippen molar-refractivity contribution in [2.24, 2.45) is 0 Å². The minimum absolute atomic E-state index is 0. The Bertz CT molecular complexity index is 441. The molecule has 0 aliphatic carbocycles. The predicted molar refractivity (Wildman–Crippen MR) is 67.7 cm³/mol. The molecule has 3 heteroatoms. The van der Waals surface area contributed by atoms with Crippen molar-refractivity contribution < 1.29 is 0 Å². The Morgan fingerprint density at radius 1 is 0.733 bits per heavy atom. The van der Waals surface area contributed by atoms with Gasteiger partial charge in [-0.1, -0.05) is 65.7 Å². The van der Waals surface area contributed by atoms with Crippen LogP contribution in [0.3, 0.4) is 0 Å². The molecule has 0 bridgehead atoms. The zero-order valence-corrected chi connectivity index (χ0v) is 11.5. The molecule has 0 fully saturated rings. The maximum Gasteiger partial charge on any atom is 0.0670 e. The summed E-state index contributed by atoms with van der Waals surface area (Å²) in [6, 6.07) is 15.6. The minimum atomic E-state index is 0. The van der Waals surface area contributed by atoms with E-state index < -0.39 is 0 Å². The van der Waals surface area contributed by atoms with Crippen LogP contribution < -0.4 is 0 Å². The number of halogens is 2. The molecule has 0 aliphatic rings. The third-order valence-electron chi connectivity index (χ3n) is 2.04. The van der Waals surface area contributed by atoms with Crippen LogP contribution in [-0.4, -0.2) is 17.6 Å². The molecular formula is C12H8Cl2Ge. The third kappa shape index (κ3) is 2.77. The van der Waals surface area contributed by atoms with E-state index in [4.69, 9.17) is 23.2 Å². The summed E-state index contributed by atoms with van der Waals surface area (Å²) in [5, 5.41) is 1.20. The predicted octanol–water partition coefficient (Wildman–Crippen LogP) is 4.28. The number of hydrogen-bond donors (Lipinski definition) is 0. The fourth-order valence-corrected chi connectivity index (χ4v) is 1.75. The van der Waals surface area contributed by atoms with Crippen molar-refractivity contribution in [3.8, 4) is 11.1 Å². The Morgan fingerprint density at radius 2 is 1.40 bits per heavy atom.